The van der Waals surface area contributed by atoms with Crippen molar-refractivity contribution in [3.8, 4) is 11.6 Å². The van der Waals surface area contributed by atoms with Crippen LogP contribution < -0.4 is 4.31 Å². The number of H-pyrrole nitrogens is 1. The van der Waals surface area contributed by atoms with E-state index in [1.54, 1.807) is 36.1 Å². The van der Waals surface area contributed by atoms with Gasteiger partial charge in [0.1, 0.15) is 10.6 Å². The maximum Gasteiger partial charge on any atom is 0.311 e. The van der Waals surface area contributed by atoms with Crippen molar-refractivity contribution >= 4 is 21.6 Å². The molecule has 0 saturated carbocycles. The van der Waals surface area contributed by atoms with Gasteiger partial charge in [-0.2, -0.15) is 0 Å². The Kier molecular flexibility index (Phi) is 5.10. The first-order valence-corrected chi connectivity index (χ1v) is 10.8. The van der Waals surface area contributed by atoms with E-state index in [4.69, 9.17) is 4.42 Å². The lowest BCUT2D eigenvalue weighted by atomic mass is 10.3. The molecule has 4 rings (SSSR count). The van der Waals surface area contributed by atoms with Crippen molar-refractivity contribution in [1.82, 2.24) is 20.1 Å². The number of carbonyl (C=O) groups excluding carboxylic acids is 1. The van der Waals surface area contributed by atoms with Crippen molar-refractivity contribution < 1.29 is 17.6 Å². The van der Waals surface area contributed by atoms with Crippen molar-refractivity contribution in [2.24, 2.45) is 0 Å². The molecule has 0 unspecified atom stereocenters. The minimum atomic E-state index is -3.78. The second-order valence-electron chi connectivity index (χ2n) is 6.67. The molecule has 1 fully saturated rings. The van der Waals surface area contributed by atoms with Crippen molar-refractivity contribution in [3.05, 3.63) is 48.5 Å². The highest BCUT2D eigenvalue weighted by atomic mass is 32.2. The average molecular weight is 415 g/mol. The van der Waals surface area contributed by atoms with Crippen LogP contribution in [-0.4, -0.2) is 54.0 Å². The molecular weight excluding hydrogens is 394 g/mol. The Bertz CT molecular complexity index is 1100. The summed E-state index contributed by atoms with van der Waals surface area (Å²) in [5.41, 5.74) is 0.912. The summed E-state index contributed by atoms with van der Waals surface area (Å²) < 4.78 is 33.0. The van der Waals surface area contributed by atoms with Crippen LogP contribution in [0.25, 0.3) is 11.6 Å². The highest BCUT2D eigenvalue weighted by molar-refractivity contribution is 7.92. The highest BCUT2D eigenvalue weighted by Crippen LogP contribution is 2.26. The van der Waals surface area contributed by atoms with E-state index in [1.807, 2.05) is 6.07 Å². The van der Waals surface area contributed by atoms with Gasteiger partial charge in [0.25, 0.3) is 15.9 Å². The molecule has 1 aliphatic heterocycles. The molecule has 1 saturated heterocycles. The van der Waals surface area contributed by atoms with Gasteiger partial charge in [0.05, 0.1) is 5.69 Å². The summed E-state index contributed by atoms with van der Waals surface area (Å²) in [7, 11) is -3.78. The van der Waals surface area contributed by atoms with Crippen LogP contribution in [0.5, 0.6) is 0 Å². The summed E-state index contributed by atoms with van der Waals surface area (Å²) in [5.74, 6) is -0.334. The lowest BCUT2D eigenvalue weighted by Crippen LogP contribution is -2.30. The first kappa shape index (κ1) is 19.2. The summed E-state index contributed by atoms with van der Waals surface area (Å²) in [6.07, 6.45) is 3.29. The maximum absolute atomic E-state index is 13.1. The van der Waals surface area contributed by atoms with Crippen molar-refractivity contribution in [2.45, 2.75) is 24.7 Å². The van der Waals surface area contributed by atoms with Crippen LogP contribution in [0.1, 0.15) is 30.5 Å². The molecule has 0 radical (unpaired) electrons. The number of para-hydroxylation sites is 1. The third kappa shape index (κ3) is 3.63. The number of aromatic nitrogens is 3. The lowest BCUT2D eigenvalue weighted by Gasteiger charge is -2.22. The summed E-state index contributed by atoms with van der Waals surface area (Å²) in [5, 5.41) is 7.71. The van der Waals surface area contributed by atoms with Crippen LogP contribution in [0.4, 0.5) is 5.69 Å². The summed E-state index contributed by atoms with van der Waals surface area (Å²) in [4.78, 5) is 17.0. The molecule has 3 heterocycles. The van der Waals surface area contributed by atoms with Crippen LogP contribution in [0.2, 0.25) is 0 Å². The predicted octanol–water partition coefficient (Wildman–Crippen LogP) is 2.52. The molecule has 3 aromatic rings. The number of nitrogens with zero attached hydrogens (tertiary/aromatic N) is 4. The number of benzene rings is 1. The van der Waals surface area contributed by atoms with E-state index in [0.29, 0.717) is 24.5 Å². The fraction of sp³-hybridized carbons (Fsp3) is 0.316. The van der Waals surface area contributed by atoms with Crippen LogP contribution in [0, 0.1) is 0 Å². The molecule has 0 atom stereocenters. The number of anilines is 1. The number of likely N-dealkylation sites (tertiary alicyclic amines) is 1. The molecule has 1 aliphatic rings. The van der Waals surface area contributed by atoms with Gasteiger partial charge in [-0.1, -0.05) is 18.2 Å². The Morgan fingerprint density at radius 1 is 1.21 bits per heavy atom. The van der Waals surface area contributed by atoms with Gasteiger partial charge in [0.2, 0.25) is 0 Å². The molecule has 0 bridgehead atoms. The van der Waals surface area contributed by atoms with E-state index in [1.165, 1.54) is 16.6 Å². The Labute approximate surface area is 168 Å². The number of carbonyl (C=O) groups is 1. The minimum Gasteiger partial charge on any atom is -0.411 e. The second kappa shape index (κ2) is 7.70. The number of sulfonamides is 1. The molecule has 152 valence electrons. The quantitative estimate of drug-likeness (QED) is 0.662. The molecule has 0 spiro atoms. The Morgan fingerprint density at radius 2 is 1.93 bits per heavy atom. The molecular formula is C19H21N5O4S. The van der Waals surface area contributed by atoms with Crippen LogP contribution >= 0.6 is 0 Å². The van der Waals surface area contributed by atoms with Gasteiger partial charge >= 0.3 is 11.8 Å². The number of amides is 1. The molecule has 1 N–H and O–H groups in total. The first-order valence-electron chi connectivity index (χ1n) is 9.40. The maximum atomic E-state index is 13.1. The van der Waals surface area contributed by atoms with Gasteiger partial charge in [-0.3, -0.25) is 9.10 Å². The molecule has 10 heteroatoms. The fourth-order valence-electron chi connectivity index (χ4n) is 3.33. The molecule has 29 heavy (non-hydrogen) atoms. The van der Waals surface area contributed by atoms with Gasteiger partial charge < -0.3 is 14.3 Å². The highest BCUT2D eigenvalue weighted by Gasteiger charge is 2.27. The lowest BCUT2D eigenvalue weighted by molar-refractivity contribution is 0.0754. The number of hydrogen-bond acceptors (Lipinski definition) is 6. The number of rotatable bonds is 6. The van der Waals surface area contributed by atoms with Gasteiger partial charge in [0.15, 0.2) is 0 Å². The van der Waals surface area contributed by atoms with E-state index in [9.17, 15) is 13.2 Å². The van der Waals surface area contributed by atoms with Crippen LogP contribution in [0.3, 0.4) is 0 Å². The van der Waals surface area contributed by atoms with E-state index >= 15 is 0 Å². The predicted molar refractivity (Wildman–Crippen MR) is 106 cm³/mol. The number of hydrogen-bond donors (Lipinski definition) is 1. The molecule has 0 aliphatic carbocycles. The normalized spacial score (nSPS) is 14.3. The summed E-state index contributed by atoms with van der Waals surface area (Å²) >= 11 is 0. The standard InChI is InChI=1S/C19H21N5O4S/c1-2-24(14-8-4-3-5-9-14)29(26,27)15-12-16(20-13-15)17-21-22-18(28-17)19(25)23-10-6-7-11-23/h3-5,8-9,12-13,20H,2,6-7,10-11H2,1H3. The molecule has 2 aromatic heterocycles. The van der Waals surface area contributed by atoms with Crippen molar-refractivity contribution in [2.75, 3.05) is 23.9 Å². The Balaban J connectivity index is 1.59. The van der Waals surface area contributed by atoms with Crippen LogP contribution in [0.15, 0.2) is 51.9 Å². The van der Waals surface area contributed by atoms with Crippen LogP contribution in [-0.2, 0) is 10.0 Å². The summed E-state index contributed by atoms with van der Waals surface area (Å²) in [6.45, 7) is 3.40. The van der Waals surface area contributed by atoms with Gasteiger partial charge in [-0.25, -0.2) is 8.42 Å². The van der Waals surface area contributed by atoms with E-state index in [2.05, 4.69) is 15.2 Å². The Hall–Kier alpha value is -3.14. The van der Waals surface area contributed by atoms with Crippen molar-refractivity contribution in [3.63, 3.8) is 0 Å². The Morgan fingerprint density at radius 3 is 2.62 bits per heavy atom. The monoisotopic (exact) mass is 415 g/mol. The molecule has 1 amide bonds. The zero-order valence-corrected chi connectivity index (χ0v) is 16.7. The van der Waals surface area contributed by atoms with E-state index in [0.717, 1.165) is 12.8 Å². The number of nitrogens with one attached hydrogen (secondary N) is 1. The third-order valence-corrected chi connectivity index (χ3v) is 6.69. The van der Waals surface area contributed by atoms with E-state index < -0.39 is 10.0 Å². The van der Waals surface area contributed by atoms with Gasteiger partial charge in [-0.15, -0.1) is 10.2 Å². The third-order valence-electron chi connectivity index (χ3n) is 4.81. The van der Waals surface area contributed by atoms with E-state index in [-0.39, 0.29) is 29.1 Å². The smallest absolute Gasteiger partial charge is 0.311 e. The summed E-state index contributed by atoms with van der Waals surface area (Å²) in [6, 6.07) is 10.3. The second-order valence-corrected chi connectivity index (χ2v) is 8.53. The topological polar surface area (TPSA) is 112 Å². The minimum absolute atomic E-state index is 0.0664. The SMILES string of the molecule is CCN(c1ccccc1)S(=O)(=O)c1c[nH]c(-c2nnc(C(=O)N3CCCC3)o2)c1. The largest absolute Gasteiger partial charge is 0.411 e. The zero-order chi connectivity index (χ0) is 20.4. The zero-order valence-electron chi connectivity index (χ0n) is 15.9. The van der Waals surface area contributed by atoms with Crippen molar-refractivity contribution in [1.29, 1.82) is 0 Å². The first-order chi connectivity index (χ1) is 14.0. The molecule has 1 aromatic carbocycles. The van der Waals surface area contributed by atoms with Gasteiger partial charge in [-0.05, 0) is 38.0 Å². The van der Waals surface area contributed by atoms with Gasteiger partial charge in [0, 0.05) is 25.8 Å². The average Bonchev–Trinajstić information content (AvgIpc) is 3.50. The number of aromatic amines is 1. The molecule has 9 nitrogen and oxygen atoms in total. The fourth-order valence-corrected chi connectivity index (χ4v) is 4.80.